The lowest BCUT2D eigenvalue weighted by atomic mass is 10.2. The summed E-state index contributed by atoms with van der Waals surface area (Å²) in [6.07, 6.45) is 2.09. The first-order valence-electron chi connectivity index (χ1n) is 5.06. The summed E-state index contributed by atoms with van der Waals surface area (Å²) in [6, 6.07) is 8.52. The van der Waals surface area contributed by atoms with E-state index in [0.29, 0.717) is 0 Å². The SMILES string of the molecule is CN(C)c1cccc2ccn(N(C)C)c12. The van der Waals surface area contributed by atoms with Crippen LogP contribution in [0.5, 0.6) is 0 Å². The molecular formula is C12H17N3. The molecule has 0 spiro atoms. The molecule has 2 aromatic rings. The first kappa shape index (κ1) is 9.90. The van der Waals surface area contributed by atoms with Crippen molar-refractivity contribution in [1.29, 1.82) is 0 Å². The van der Waals surface area contributed by atoms with Crippen LogP contribution < -0.4 is 9.91 Å². The van der Waals surface area contributed by atoms with Gasteiger partial charge < -0.3 is 9.91 Å². The van der Waals surface area contributed by atoms with E-state index in [9.17, 15) is 0 Å². The van der Waals surface area contributed by atoms with Crippen LogP contribution in [0.4, 0.5) is 5.69 Å². The van der Waals surface area contributed by atoms with Crippen molar-refractivity contribution in [2.24, 2.45) is 0 Å². The maximum absolute atomic E-state index is 2.16. The lowest BCUT2D eigenvalue weighted by Gasteiger charge is -2.20. The van der Waals surface area contributed by atoms with Crippen LogP contribution in [0.3, 0.4) is 0 Å². The molecule has 0 unspecified atom stereocenters. The molecule has 0 saturated carbocycles. The predicted octanol–water partition coefficient (Wildman–Crippen LogP) is 1.90. The van der Waals surface area contributed by atoms with E-state index in [1.165, 1.54) is 16.6 Å². The Hall–Kier alpha value is -1.64. The summed E-state index contributed by atoms with van der Waals surface area (Å²) in [6.45, 7) is 0. The van der Waals surface area contributed by atoms with Crippen molar-refractivity contribution in [1.82, 2.24) is 4.68 Å². The number of benzene rings is 1. The van der Waals surface area contributed by atoms with E-state index < -0.39 is 0 Å². The molecule has 2 rings (SSSR count). The van der Waals surface area contributed by atoms with Gasteiger partial charge in [-0.3, -0.25) is 4.68 Å². The quantitative estimate of drug-likeness (QED) is 0.738. The van der Waals surface area contributed by atoms with Crippen LogP contribution in [0.2, 0.25) is 0 Å². The Bertz CT molecular complexity index is 469. The van der Waals surface area contributed by atoms with Gasteiger partial charge in [-0.25, -0.2) is 0 Å². The van der Waals surface area contributed by atoms with E-state index in [1.807, 2.05) is 14.1 Å². The largest absolute Gasteiger partial charge is 0.376 e. The van der Waals surface area contributed by atoms with Gasteiger partial charge in [-0.15, -0.1) is 0 Å². The third-order valence-corrected chi connectivity index (χ3v) is 2.58. The zero-order valence-corrected chi connectivity index (χ0v) is 9.73. The molecule has 80 valence electrons. The van der Waals surface area contributed by atoms with Crippen molar-refractivity contribution in [3.63, 3.8) is 0 Å². The lowest BCUT2D eigenvalue weighted by Crippen LogP contribution is -2.24. The molecule has 1 aromatic carbocycles. The molecule has 3 heteroatoms. The summed E-state index contributed by atoms with van der Waals surface area (Å²) in [4.78, 5) is 2.14. The highest BCUT2D eigenvalue weighted by atomic mass is 15.5. The average molecular weight is 203 g/mol. The minimum absolute atomic E-state index is 1.24. The van der Waals surface area contributed by atoms with Gasteiger partial charge in [-0.05, 0) is 12.1 Å². The van der Waals surface area contributed by atoms with Gasteiger partial charge in [0, 0.05) is 39.8 Å². The summed E-state index contributed by atoms with van der Waals surface area (Å²) in [5.74, 6) is 0. The standard InChI is InChI=1S/C12H17N3/c1-13(2)11-7-5-6-10-8-9-15(12(10)11)14(3)4/h5-9H,1-4H3. The number of rotatable bonds is 2. The average Bonchev–Trinajstić information content (AvgIpc) is 2.60. The van der Waals surface area contributed by atoms with Crippen molar-refractivity contribution < 1.29 is 0 Å². The summed E-state index contributed by atoms with van der Waals surface area (Å²) in [5.41, 5.74) is 2.50. The molecule has 0 aliphatic rings. The van der Waals surface area contributed by atoms with Crippen LogP contribution in [0, 0.1) is 0 Å². The Balaban J connectivity index is 2.75. The Kier molecular flexibility index (Phi) is 2.31. The van der Waals surface area contributed by atoms with Crippen molar-refractivity contribution >= 4 is 16.6 Å². The summed E-state index contributed by atoms with van der Waals surface area (Å²) < 4.78 is 2.16. The highest BCUT2D eigenvalue weighted by Crippen LogP contribution is 2.26. The Morgan fingerprint density at radius 2 is 1.73 bits per heavy atom. The third kappa shape index (κ3) is 1.54. The second-order valence-electron chi connectivity index (χ2n) is 4.12. The van der Waals surface area contributed by atoms with E-state index >= 15 is 0 Å². The second kappa shape index (κ2) is 3.50. The van der Waals surface area contributed by atoms with Crippen molar-refractivity contribution in [2.75, 3.05) is 38.1 Å². The van der Waals surface area contributed by atoms with Gasteiger partial charge in [0.25, 0.3) is 0 Å². The summed E-state index contributed by atoms with van der Waals surface area (Å²) in [7, 11) is 8.24. The van der Waals surface area contributed by atoms with E-state index in [2.05, 4.69) is 59.1 Å². The lowest BCUT2D eigenvalue weighted by molar-refractivity contribution is 0.761. The highest BCUT2D eigenvalue weighted by molar-refractivity contribution is 5.92. The third-order valence-electron chi connectivity index (χ3n) is 2.58. The van der Waals surface area contributed by atoms with Gasteiger partial charge in [0.15, 0.2) is 0 Å². The van der Waals surface area contributed by atoms with Crippen LogP contribution >= 0.6 is 0 Å². The van der Waals surface area contributed by atoms with Gasteiger partial charge in [0.1, 0.15) is 0 Å². The molecule has 1 heterocycles. The van der Waals surface area contributed by atoms with Crippen LogP contribution in [0.1, 0.15) is 0 Å². The van der Waals surface area contributed by atoms with Crippen LogP contribution in [0.15, 0.2) is 30.5 Å². The molecule has 0 atom stereocenters. The molecule has 0 aliphatic carbocycles. The van der Waals surface area contributed by atoms with Crippen molar-refractivity contribution in [2.45, 2.75) is 0 Å². The van der Waals surface area contributed by atoms with Gasteiger partial charge >= 0.3 is 0 Å². The Labute approximate surface area is 90.5 Å². The fourth-order valence-corrected chi connectivity index (χ4v) is 1.85. The van der Waals surface area contributed by atoms with E-state index in [1.54, 1.807) is 0 Å². The zero-order valence-electron chi connectivity index (χ0n) is 9.73. The molecule has 0 radical (unpaired) electrons. The fourth-order valence-electron chi connectivity index (χ4n) is 1.85. The van der Waals surface area contributed by atoms with E-state index in [0.717, 1.165) is 0 Å². The highest BCUT2D eigenvalue weighted by Gasteiger charge is 2.08. The number of hydrogen-bond acceptors (Lipinski definition) is 2. The van der Waals surface area contributed by atoms with E-state index in [4.69, 9.17) is 0 Å². The van der Waals surface area contributed by atoms with Gasteiger partial charge in [0.2, 0.25) is 0 Å². The van der Waals surface area contributed by atoms with Crippen LogP contribution in [0.25, 0.3) is 10.9 Å². The van der Waals surface area contributed by atoms with E-state index in [-0.39, 0.29) is 0 Å². The maximum Gasteiger partial charge on any atom is 0.0927 e. The summed E-state index contributed by atoms with van der Waals surface area (Å²) >= 11 is 0. The molecule has 0 amide bonds. The topological polar surface area (TPSA) is 11.4 Å². The van der Waals surface area contributed by atoms with Crippen LogP contribution in [-0.4, -0.2) is 32.9 Å². The van der Waals surface area contributed by atoms with Gasteiger partial charge in [0.05, 0.1) is 11.2 Å². The monoisotopic (exact) mass is 203 g/mol. The van der Waals surface area contributed by atoms with Gasteiger partial charge in [-0.1, -0.05) is 12.1 Å². The number of nitrogens with zero attached hydrogens (tertiary/aromatic N) is 3. The number of anilines is 1. The van der Waals surface area contributed by atoms with Crippen LogP contribution in [-0.2, 0) is 0 Å². The molecule has 1 aromatic heterocycles. The van der Waals surface area contributed by atoms with Gasteiger partial charge in [-0.2, -0.15) is 0 Å². The minimum Gasteiger partial charge on any atom is -0.376 e. The normalized spacial score (nSPS) is 10.7. The molecule has 15 heavy (non-hydrogen) atoms. The molecular weight excluding hydrogens is 186 g/mol. The summed E-state index contributed by atoms with van der Waals surface area (Å²) in [5, 5.41) is 3.35. The Morgan fingerprint density at radius 3 is 2.33 bits per heavy atom. The minimum atomic E-state index is 1.24. The second-order valence-corrected chi connectivity index (χ2v) is 4.12. The molecule has 0 bridgehead atoms. The number of hydrogen-bond donors (Lipinski definition) is 0. The number of aromatic nitrogens is 1. The smallest absolute Gasteiger partial charge is 0.0927 e. The molecule has 0 fully saturated rings. The maximum atomic E-state index is 2.16. The first-order valence-corrected chi connectivity index (χ1v) is 5.06. The predicted molar refractivity (Wildman–Crippen MR) is 66.3 cm³/mol. The van der Waals surface area contributed by atoms with Crippen molar-refractivity contribution in [3.05, 3.63) is 30.5 Å². The number of fused-ring (bicyclic) bond motifs is 1. The van der Waals surface area contributed by atoms with Crippen molar-refractivity contribution in [3.8, 4) is 0 Å². The first-order chi connectivity index (χ1) is 7.11. The molecule has 0 N–H and O–H groups in total. The molecule has 0 saturated heterocycles. The number of para-hydroxylation sites is 1. The zero-order chi connectivity index (χ0) is 11.0. The Morgan fingerprint density at radius 1 is 1.00 bits per heavy atom. The molecule has 0 aliphatic heterocycles. The molecule has 3 nitrogen and oxygen atoms in total. The fraction of sp³-hybridized carbons (Fsp3) is 0.333.